The lowest BCUT2D eigenvalue weighted by Crippen LogP contribution is -2.26. The van der Waals surface area contributed by atoms with Crippen LogP contribution in [0.25, 0.3) is 43.5 Å². The van der Waals surface area contributed by atoms with Crippen LogP contribution < -0.4 is 11.1 Å². The molecule has 0 aliphatic rings. The van der Waals surface area contributed by atoms with E-state index in [2.05, 4.69) is 32.6 Å². The predicted molar refractivity (Wildman–Crippen MR) is 208 cm³/mol. The molecule has 6 rings (SSSR count). The smallest absolute Gasteiger partial charge is 0.322 e. The van der Waals surface area contributed by atoms with E-state index in [1.807, 2.05) is 35.6 Å². The van der Waals surface area contributed by atoms with Crippen molar-refractivity contribution in [2.24, 2.45) is 28.2 Å². The van der Waals surface area contributed by atoms with Gasteiger partial charge in [0.15, 0.2) is 21.5 Å². The van der Waals surface area contributed by atoms with Crippen LogP contribution in [0.5, 0.6) is 0 Å². The molecule has 0 bridgehead atoms. The molecule has 0 unspecified atom stereocenters. The van der Waals surface area contributed by atoms with E-state index >= 15 is 0 Å². The summed E-state index contributed by atoms with van der Waals surface area (Å²) in [5.41, 5.74) is -3.61. The van der Waals surface area contributed by atoms with Gasteiger partial charge in [0.05, 0.1) is 37.2 Å². The van der Waals surface area contributed by atoms with Crippen molar-refractivity contribution in [1.29, 1.82) is 0 Å². The third kappa shape index (κ3) is 7.47. The van der Waals surface area contributed by atoms with Gasteiger partial charge in [-0.05, 0) is 75.2 Å². The number of halogens is 8. The van der Waals surface area contributed by atoms with Crippen LogP contribution >= 0.6 is 79.6 Å². The van der Waals surface area contributed by atoms with Crippen molar-refractivity contribution in [2.75, 3.05) is 11.5 Å². The topological polar surface area (TPSA) is 114 Å². The van der Waals surface area contributed by atoms with Crippen LogP contribution in [0.3, 0.4) is 0 Å². The van der Waals surface area contributed by atoms with Gasteiger partial charge in [0.2, 0.25) is 0 Å². The number of thioether (sulfide) groups is 1. The van der Waals surface area contributed by atoms with E-state index in [-0.39, 0.29) is 38.5 Å². The standard InChI is InChI=1S/C15H13F3IN3O3S2.C15H13F3IN3OS2/c1-4-27(24,25)8-6-10(19)26-12(8)13-20-7-5-9(15(16,17)18)21(2)14(23)11(7)22(13)3;1-4-24-8-6-10(19)25-12(8)13-20-7-5-9(15(16,17)18)21(2)14(23)11(7)22(13)3/h5-6H,4H2,1-3H3;5-6H,4H2,1-3H3. The summed E-state index contributed by atoms with van der Waals surface area (Å²) in [6, 6.07) is 5.25. The Morgan fingerprint density at radius 1 is 0.712 bits per heavy atom. The number of pyridine rings is 2. The minimum atomic E-state index is -4.71. The monoisotopic (exact) mass is 1030 g/mol. The summed E-state index contributed by atoms with van der Waals surface area (Å²) in [5, 5.41) is 0. The SMILES string of the molecule is CCS(=O)(=O)c1cc(I)sc1-c1nc2cc(C(F)(F)F)n(C)c(=O)c2n1C.CCSc1cc(I)sc1-c1nc2cc(C(F)(F)F)n(C)c(=O)c2n1C. The third-order valence-electron chi connectivity index (χ3n) is 7.87. The first-order valence-electron chi connectivity index (χ1n) is 14.8. The first-order chi connectivity index (χ1) is 24.0. The molecule has 0 atom stereocenters. The molecule has 6 heterocycles. The Morgan fingerprint density at radius 3 is 1.56 bits per heavy atom. The van der Waals surface area contributed by atoms with E-state index < -0.39 is 44.7 Å². The number of aryl methyl sites for hydroxylation is 2. The Morgan fingerprint density at radius 2 is 1.13 bits per heavy atom. The van der Waals surface area contributed by atoms with Crippen LogP contribution in [0.15, 0.2) is 43.6 Å². The van der Waals surface area contributed by atoms with Crippen molar-refractivity contribution in [3.05, 3.63) is 62.1 Å². The van der Waals surface area contributed by atoms with E-state index in [1.54, 1.807) is 23.4 Å². The van der Waals surface area contributed by atoms with Gasteiger partial charge in [0, 0.05) is 33.1 Å². The summed E-state index contributed by atoms with van der Waals surface area (Å²) in [6.45, 7) is 3.53. The quantitative estimate of drug-likeness (QED) is 0.0941. The zero-order valence-electron chi connectivity index (χ0n) is 27.7. The zero-order valence-corrected chi connectivity index (χ0v) is 35.3. The van der Waals surface area contributed by atoms with Crippen molar-refractivity contribution in [2.45, 2.75) is 36.0 Å². The number of hydrogen-bond donors (Lipinski definition) is 0. The minimum Gasteiger partial charge on any atom is -0.322 e. The van der Waals surface area contributed by atoms with Crippen LogP contribution in [-0.4, -0.2) is 48.2 Å². The highest BCUT2D eigenvalue weighted by molar-refractivity contribution is 14.1. The van der Waals surface area contributed by atoms with Crippen LogP contribution in [0.4, 0.5) is 26.3 Å². The fourth-order valence-electron chi connectivity index (χ4n) is 5.34. The van der Waals surface area contributed by atoms with E-state index in [0.29, 0.717) is 22.7 Å². The molecule has 0 spiro atoms. The fraction of sp³-hybridized carbons (Fsp3) is 0.333. The first-order valence-corrected chi connectivity index (χ1v) is 21.2. The number of hydrogen-bond acceptors (Lipinski definition) is 9. The maximum Gasteiger partial charge on any atom is 0.431 e. The Hall–Kier alpha value is -2.42. The van der Waals surface area contributed by atoms with Crippen molar-refractivity contribution in [3.63, 3.8) is 0 Å². The summed E-state index contributed by atoms with van der Waals surface area (Å²) in [6.07, 6.45) is -9.32. The average molecular weight is 1030 g/mol. The number of imidazole rings is 2. The Labute approximate surface area is 331 Å². The molecule has 0 saturated carbocycles. The lowest BCUT2D eigenvalue weighted by molar-refractivity contribution is -0.144. The van der Waals surface area contributed by atoms with Gasteiger partial charge in [-0.1, -0.05) is 13.8 Å². The maximum atomic E-state index is 13.2. The molecule has 10 nitrogen and oxygen atoms in total. The molecule has 6 aromatic rings. The normalized spacial score (nSPS) is 12.6. The molecule has 0 aliphatic heterocycles. The van der Waals surface area contributed by atoms with Gasteiger partial charge in [-0.15, -0.1) is 34.4 Å². The largest absolute Gasteiger partial charge is 0.431 e. The van der Waals surface area contributed by atoms with Crippen molar-refractivity contribution in [1.82, 2.24) is 28.2 Å². The number of aromatic nitrogens is 6. The summed E-state index contributed by atoms with van der Waals surface area (Å²) >= 11 is 8.47. The summed E-state index contributed by atoms with van der Waals surface area (Å²) in [4.78, 5) is 35.7. The first kappa shape index (κ1) is 40.8. The minimum absolute atomic E-state index is 0.0243. The summed E-state index contributed by atoms with van der Waals surface area (Å²) in [5.74, 6) is 1.39. The van der Waals surface area contributed by atoms with Crippen molar-refractivity contribution in [3.8, 4) is 21.4 Å². The van der Waals surface area contributed by atoms with Crippen LogP contribution in [0, 0.1) is 5.77 Å². The van der Waals surface area contributed by atoms with E-state index in [1.165, 1.54) is 35.9 Å². The van der Waals surface area contributed by atoms with Gasteiger partial charge in [-0.2, -0.15) is 26.3 Å². The number of nitrogens with zero attached hydrogens (tertiary/aromatic N) is 6. The van der Waals surface area contributed by atoms with Gasteiger partial charge in [0.1, 0.15) is 22.4 Å². The Balaban J connectivity index is 0.000000202. The van der Waals surface area contributed by atoms with E-state index in [4.69, 9.17) is 0 Å². The van der Waals surface area contributed by atoms with Crippen LogP contribution in [-0.2, 0) is 50.4 Å². The number of rotatable bonds is 6. The molecule has 0 N–H and O–H groups in total. The van der Waals surface area contributed by atoms with Crippen molar-refractivity contribution < 1.29 is 34.8 Å². The van der Waals surface area contributed by atoms with Gasteiger partial charge >= 0.3 is 12.4 Å². The predicted octanol–water partition coefficient (Wildman–Crippen LogP) is 8.15. The highest BCUT2D eigenvalue weighted by atomic mass is 127. The van der Waals surface area contributed by atoms with Crippen LogP contribution in [0.1, 0.15) is 25.2 Å². The Bertz CT molecular complexity index is 2600. The highest BCUT2D eigenvalue weighted by Gasteiger charge is 2.36. The number of alkyl halides is 6. The maximum absolute atomic E-state index is 13.2. The van der Waals surface area contributed by atoms with Crippen LogP contribution in [0.2, 0.25) is 0 Å². The molecule has 0 fully saturated rings. The second-order valence-electron chi connectivity index (χ2n) is 11.1. The molecule has 52 heavy (non-hydrogen) atoms. The molecule has 0 aliphatic carbocycles. The number of sulfone groups is 1. The molecule has 6 aromatic heterocycles. The second kappa shape index (κ2) is 14.7. The summed E-state index contributed by atoms with van der Waals surface area (Å²) < 4.78 is 110. The molecule has 0 saturated heterocycles. The molecule has 0 aromatic carbocycles. The second-order valence-corrected chi connectivity index (χ2v) is 20.5. The van der Waals surface area contributed by atoms with Gasteiger partial charge in [-0.25, -0.2) is 18.4 Å². The zero-order chi connectivity index (χ0) is 38.8. The van der Waals surface area contributed by atoms with Gasteiger partial charge in [0.25, 0.3) is 11.1 Å². The fourth-order valence-corrected chi connectivity index (χ4v) is 12.0. The molecule has 280 valence electrons. The van der Waals surface area contributed by atoms with Gasteiger partial charge in [-0.3, -0.25) is 9.59 Å². The third-order valence-corrected chi connectivity index (χ3v) is 14.6. The van der Waals surface area contributed by atoms with E-state index in [9.17, 15) is 44.3 Å². The lowest BCUT2D eigenvalue weighted by Gasteiger charge is -2.11. The highest BCUT2D eigenvalue weighted by Crippen LogP contribution is 2.41. The molecule has 0 amide bonds. The molecular formula is C30H26F6I2N6O4S4. The molecular weight excluding hydrogens is 1000 g/mol. The Kier molecular flexibility index (Phi) is 11.5. The number of thiophene rings is 2. The van der Waals surface area contributed by atoms with E-state index in [0.717, 1.165) is 56.0 Å². The van der Waals surface area contributed by atoms with Gasteiger partial charge < -0.3 is 18.3 Å². The van der Waals surface area contributed by atoms with Crippen molar-refractivity contribution >= 4 is 112 Å². The number of fused-ring (bicyclic) bond motifs is 2. The molecule has 0 radical (unpaired) electrons. The summed E-state index contributed by atoms with van der Waals surface area (Å²) in [7, 11) is 1.74. The average Bonchev–Trinajstić information content (AvgIpc) is 3.79. The lowest BCUT2D eigenvalue weighted by atomic mass is 10.3. The molecule has 22 heteroatoms.